The third kappa shape index (κ3) is 3.15. The third-order valence-corrected chi connectivity index (χ3v) is 4.16. The minimum Gasteiger partial charge on any atom is -0.512 e. The predicted molar refractivity (Wildman–Crippen MR) is 98.1 cm³/mol. The fourth-order valence-electron chi connectivity index (χ4n) is 2.73. The molecule has 0 aliphatic carbocycles. The summed E-state index contributed by atoms with van der Waals surface area (Å²) < 4.78 is 22.9. The van der Waals surface area contributed by atoms with E-state index in [9.17, 15) is 0 Å². The van der Waals surface area contributed by atoms with E-state index in [-0.39, 0.29) is 5.41 Å². The van der Waals surface area contributed by atoms with Crippen molar-refractivity contribution in [1.82, 2.24) is 0 Å². The molecule has 0 amide bonds. The van der Waals surface area contributed by atoms with Crippen molar-refractivity contribution in [1.29, 1.82) is 0 Å². The summed E-state index contributed by atoms with van der Waals surface area (Å²) in [6, 6.07) is 11.8. The molecule has 0 saturated heterocycles. The van der Waals surface area contributed by atoms with Crippen LogP contribution in [0.2, 0.25) is 0 Å². The quantitative estimate of drug-likeness (QED) is 0.546. The summed E-state index contributed by atoms with van der Waals surface area (Å²) in [6.07, 6.45) is 0. The van der Waals surface area contributed by atoms with Crippen molar-refractivity contribution in [2.45, 2.75) is 33.1 Å². The molecule has 4 rings (SSSR count). The van der Waals surface area contributed by atoms with Crippen LogP contribution in [0.3, 0.4) is 0 Å². The van der Waals surface area contributed by atoms with E-state index in [2.05, 4.69) is 38.5 Å². The number of rotatable bonds is 0. The fraction of sp³-hybridized carbons (Fsp3) is 0.263. The lowest BCUT2D eigenvalue weighted by atomic mass is 9.84. The van der Waals surface area contributed by atoms with Gasteiger partial charge in [0.1, 0.15) is 23.0 Å². The van der Waals surface area contributed by atoms with Gasteiger partial charge in [0.05, 0.1) is 0 Å². The lowest BCUT2D eigenvalue weighted by Gasteiger charge is -2.19. The summed E-state index contributed by atoms with van der Waals surface area (Å²) in [5.41, 5.74) is 2.36. The Labute approximate surface area is 148 Å². The molecule has 2 aromatic carbocycles. The van der Waals surface area contributed by atoms with Gasteiger partial charge in [-0.3, -0.25) is 0 Å². The van der Waals surface area contributed by atoms with Gasteiger partial charge in [-0.05, 0) is 47.7 Å². The predicted octanol–water partition coefficient (Wildman–Crippen LogP) is 3.59. The average molecular weight is 332 g/mol. The Hall–Kier alpha value is -2.67. The smallest absolute Gasteiger partial charge is 0.512 e. The van der Waals surface area contributed by atoms with Gasteiger partial charge in [0.15, 0.2) is 0 Å². The van der Waals surface area contributed by atoms with E-state index in [1.807, 2.05) is 37.3 Å². The highest BCUT2D eigenvalue weighted by Gasteiger charge is 2.35. The van der Waals surface area contributed by atoms with Crippen LogP contribution in [-0.2, 0) is 5.41 Å². The van der Waals surface area contributed by atoms with Crippen LogP contribution in [0.1, 0.15) is 31.9 Å². The molecule has 2 heterocycles. The Bertz CT molecular complexity index is 893. The van der Waals surface area contributed by atoms with Gasteiger partial charge in [-0.2, -0.15) is 0 Å². The fourth-order valence-corrected chi connectivity index (χ4v) is 2.73. The Kier molecular flexibility index (Phi) is 3.61. The van der Waals surface area contributed by atoms with Gasteiger partial charge < -0.3 is 18.6 Å². The van der Waals surface area contributed by atoms with E-state index in [1.165, 1.54) is 5.56 Å². The highest BCUT2D eigenvalue weighted by molar-refractivity contribution is 6.63. The van der Waals surface area contributed by atoms with Crippen molar-refractivity contribution >= 4 is 14.2 Å². The molecule has 0 aromatic heterocycles. The molecule has 0 N–H and O–H groups in total. The molecule has 0 radical (unpaired) electrons. The van der Waals surface area contributed by atoms with Gasteiger partial charge in [-0.25, -0.2) is 0 Å². The molecule has 0 spiro atoms. The van der Waals surface area contributed by atoms with Gasteiger partial charge >= 0.3 is 14.2 Å². The van der Waals surface area contributed by atoms with Crippen LogP contribution in [-0.4, -0.2) is 14.2 Å². The van der Waals surface area contributed by atoms with E-state index in [0.717, 1.165) is 11.3 Å². The number of benzene rings is 2. The van der Waals surface area contributed by atoms with Gasteiger partial charge in [0.25, 0.3) is 0 Å². The molecule has 25 heavy (non-hydrogen) atoms. The van der Waals surface area contributed by atoms with Crippen molar-refractivity contribution in [3.63, 3.8) is 0 Å². The van der Waals surface area contributed by atoms with Gasteiger partial charge in [-0.1, -0.05) is 44.5 Å². The SMILES string of the molecule is Cc1ccc2c(c1)OB(C#CB1Oc3ccc(C(C)(C)C)cc3O1)O2. The zero-order chi connectivity index (χ0) is 17.6. The Morgan fingerprint density at radius 3 is 1.84 bits per heavy atom. The van der Waals surface area contributed by atoms with Crippen LogP contribution >= 0.6 is 0 Å². The van der Waals surface area contributed by atoms with E-state index in [4.69, 9.17) is 18.6 Å². The van der Waals surface area contributed by atoms with Crippen LogP contribution in [0.25, 0.3) is 0 Å². The number of fused-ring (bicyclic) bond motifs is 2. The van der Waals surface area contributed by atoms with Gasteiger partial charge in [-0.15, -0.1) is 0 Å². The Balaban J connectivity index is 1.45. The minimum absolute atomic E-state index is 0.0532. The molecule has 0 atom stereocenters. The largest absolute Gasteiger partial charge is 0.689 e. The molecular formula is C19H18B2O4. The first-order valence-corrected chi connectivity index (χ1v) is 8.31. The Morgan fingerprint density at radius 1 is 0.720 bits per heavy atom. The summed E-state index contributed by atoms with van der Waals surface area (Å²) in [7, 11) is -1.29. The standard InChI is InChI=1S/C19H18B2O4/c1-13-5-7-15-17(11-13)24-20(22-15)9-10-21-23-16-8-6-14(19(2,3)4)12-18(16)25-21/h5-8,11-12H,1-4H3. The molecule has 2 aromatic rings. The summed E-state index contributed by atoms with van der Waals surface area (Å²) >= 11 is 0. The number of hydrogen-bond donors (Lipinski definition) is 0. The maximum Gasteiger partial charge on any atom is 0.689 e. The first kappa shape index (κ1) is 15.8. The molecule has 2 aliphatic rings. The lowest BCUT2D eigenvalue weighted by molar-refractivity contribution is 0.516. The zero-order valence-corrected chi connectivity index (χ0v) is 14.8. The van der Waals surface area contributed by atoms with Crippen molar-refractivity contribution < 1.29 is 18.6 Å². The van der Waals surface area contributed by atoms with Crippen LogP contribution in [0.15, 0.2) is 36.4 Å². The molecule has 0 bridgehead atoms. The molecule has 0 fully saturated rings. The van der Waals surface area contributed by atoms with E-state index in [1.54, 1.807) is 0 Å². The zero-order valence-electron chi connectivity index (χ0n) is 14.8. The lowest BCUT2D eigenvalue weighted by Crippen LogP contribution is -2.27. The van der Waals surface area contributed by atoms with Crippen molar-refractivity contribution in [2.24, 2.45) is 0 Å². The maximum absolute atomic E-state index is 5.79. The van der Waals surface area contributed by atoms with Crippen LogP contribution in [0.5, 0.6) is 23.0 Å². The summed E-state index contributed by atoms with van der Waals surface area (Å²) in [6.45, 7) is 8.49. The second kappa shape index (κ2) is 5.70. The minimum atomic E-state index is -0.650. The van der Waals surface area contributed by atoms with E-state index < -0.39 is 14.2 Å². The maximum atomic E-state index is 5.79. The molecule has 2 aliphatic heterocycles. The number of hydrogen-bond acceptors (Lipinski definition) is 4. The molecule has 0 saturated carbocycles. The summed E-state index contributed by atoms with van der Waals surface area (Å²) in [5.74, 6) is 8.71. The monoisotopic (exact) mass is 332 g/mol. The van der Waals surface area contributed by atoms with E-state index >= 15 is 0 Å². The normalized spacial score (nSPS) is 14.4. The number of aryl methyl sites for hydroxylation is 1. The molecular weight excluding hydrogens is 314 g/mol. The van der Waals surface area contributed by atoms with Crippen molar-refractivity contribution in [2.75, 3.05) is 0 Å². The second-order valence-electron chi connectivity index (χ2n) is 7.29. The van der Waals surface area contributed by atoms with E-state index in [0.29, 0.717) is 17.2 Å². The van der Waals surface area contributed by atoms with Crippen molar-refractivity contribution in [3.8, 4) is 34.6 Å². The van der Waals surface area contributed by atoms with Gasteiger partial charge in [0.2, 0.25) is 0 Å². The highest BCUT2D eigenvalue weighted by atomic mass is 16.6. The van der Waals surface area contributed by atoms with Crippen LogP contribution in [0.4, 0.5) is 0 Å². The summed E-state index contributed by atoms with van der Waals surface area (Å²) in [5, 5.41) is 0. The molecule has 0 unspecified atom stereocenters. The molecule has 6 heteroatoms. The first-order chi connectivity index (χ1) is 11.9. The van der Waals surface area contributed by atoms with Crippen LogP contribution < -0.4 is 18.6 Å². The van der Waals surface area contributed by atoms with Crippen molar-refractivity contribution in [3.05, 3.63) is 47.5 Å². The average Bonchev–Trinajstić information content (AvgIpc) is 3.13. The summed E-state index contributed by atoms with van der Waals surface area (Å²) in [4.78, 5) is 0. The van der Waals surface area contributed by atoms with Crippen LogP contribution in [0, 0.1) is 18.6 Å². The third-order valence-electron chi connectivity index (χ3n) is 4.16. The Morgan fingerprint density at radius 2 is 1.24 bits per heavy atom. The molecule has 124 valence electrons. The second-order valence-corrected chi connectivity index (χ2v) is 7.29. The molecule has 4 nitrogen and oxygen atoms in total. The first-order valence-electron chi connectivity index (χ1n) is 8.31. The topological polar surface area (TPSA) is 36.9 Å². The van der Waals surface area contributed by atoms with Gasteiger partial charge in [0, 0.05) is 0 Å². The highest BCUT2D eigenvalue weighted by Crippen LogP contribution is 2.37.